The second kappa shape index (κ2) is 7.96. The number of benzene rings is 1. The summed E-state index contributed by atoms with van der Waals surface area (Å²) in [6, 6.07) is 7.97. The van der Waals surface area contributed by atoms with E-state index in [0.29, 0.717) is 25.5 Å². The standard InChI is InChI=1S/C13H18ClNO2/c1-2-11-3-5-12(6-4-11)17-10-9-15-13(16)7-8-14/h3-6H,2,7-10H2,1H3,(H,15,16). The van der Waals surface area contributed by atoms with Crippen LogP contribution in [-0.4, -0.2) is 24.9 Å². The second-order valence-corrected chi connectivity index (χ2v) is 4.01. The first kappa shape index (κ1) is 13.8. The first-order chi connectivity index (χ1) is 8.26. The summed E-state index contributed by atoms with van der Waals surface area (Å²) in [5.74, 6) is 1.14. The normalized spacial score (nSPS) is 10.0. The molecule has 0 saturated carbocycles. The lowest BCUT2D eigenvalue weighted by molar-refractivity contribution is -0.120. The average molecular weight is 256 g/mol. The lowest BCUT2D eigenvalue weighted by Crippen LogP contribution is -2.28. The molecule has 1 aromatic rings. The molecule has 3 nitrogen and oxygen atoms in total. The summed E-state index contributed by atoms with van der Waals surface area (Å²) < 4.78 is 5.49. The molecule has 0 unspecified atom stereocenters. The van der Waals surface area contributed by atoms with Crippen molar-refractivity contribution in [3.8, 4) is 5.75 Å². The molecule has 0 spiro atoms. The van der Waals surface area contributed by atoms with Crippen molar-refractivity contribution in [2.45, 2.75) is 19.8 Å². The summed E-state index contributed by atoms with van der Waals surface area (Å²) in [5, 5.41) is 2.73. The van der Waals surface area contributed by atoms with E-state index in [1.165, 1.54) is 5.56 Å². The number of amides is 1. The van der Waals surface area contributed by atoms with Crippen molar-refractivity contribution in [3.63, 3.8) is 0 Å². The fraction of sp³-hybridized carbons (Fsp3) is 0.462. The number of hydrogen-bond donors (Lipinski definition) is 1. The van der Waals surface area contributed by atoms with Crippen LogP contribution in [0.25, 0.3) is 0 Å². The van der Waals surface area contributed by atoms with E-state index >= 15 is 0 Å². The van der Waals surface area contributed by atoms with E-state index in [9.17, 15) is 4.79 Å². The summed E-state index contributed by atoms with van der Waals surface area (Å²) in [6.45, 7) is 3.09. The Bertz CT molecular complexity index is 338. The first-order valence-corrected chi connectivity index (χ1v) is 6.34. The Kier molecular flexibility index (Phi) is 6.48. The molecule has 17 heavy (non-hydrogen) atoms. The first-order valence-electron chi connectivity index (χ1n) is 5.80. The zero-order valence-electron chi connectivity index (χ0n) is 10.0. The smallest absolute Gasteiger partial charge is 0.221 e. The zero-order chi connectivity index (χ0) is 12.5. The quantitative estimate of drug-likeness (QED) is 0.600. The van der Waals surface area contributed by atoms with Gasteiger partial charge >= 0.3 is 0 Å². The maximum Gasteiger partial charge on any atom is 0.221 e. The van der Waals surface area contributed by atoms with Crippen molar-refractivity contribution in [3.05, 3.63) is 29.8 Å². The Balaban J connectivity index is 2.19. The van der Waals surface area contributed by atoms with Gasteiger partial charge in [0.2, 0.25) is 5.91 Å². The van der Waals surface area contributed by atoms with Gasteiger partial charge in [-0.25, -0.2) is 0 Å². The fourth-order valence-electron chi connectivity index (χ4n) is 1.35. The molecular weight excluding hydrogens is 238 g/mol. The van der Waals surface area contributed by atoms with Crippen molar-refractivity contribution < 1.29 is 9.53 Å². The van der Waals surface area contributed by atoms with Gasteiger partial charge in [-0.15, -0.1) is 11.6 Å². The summed E-state index contributed by atoms with van der Waals surface area (Å²) in [5.41, 5.74) is 1.28. The number of rotatable bonds is 7. The SMILES string of the molecule is CCc1ccc(OCCNC(=O)CCCl)cc1. The van der Waals surface area contributed by atoms with Crippen LogP contribution < -0.4 is 10.1 Å². The van der Waals surface area contributed by atoms with Crippen LogP contribution in [0, 0.1) is 0 Å². The summed E-state index contributed by atoms with van der Waals surface area (Å²) >= 11 is 5.44. The van der Waals surface area contributed by atoms with Gasteiger partial charge in [-0.1, -0.05) is 19.1 Å². The molecule has 0 aliphatic carbocycles. The number of ether oxygens (including phenoxy) is 1. The van der Waals surface area contributed by atoms with Gasteiger partial charge in [-0.05, 0) is 24.1 Å². The van der Waals surface area contributed by atoms with Crippen LogP contribution in [0.4, 0.5) is 0 Å². The van der Waals surface area contributed by atoms with Gasteiger partial charge in [0.15, 0.2) is 0 Å². The van der Waals surface area contributed by atoms with E-state index in [-0.39, 0.29) is 5.91 Å². The number of hydrogen-bond acceptors (Lipinski definition) is 2. The third-order valence-electron chi connectivity index (χ3n) is 2.35. The predicted molar refractivity (Wildman–Crippen MR) is 69.7 cm³/mol. The van der Waals surface area contributed by atoms with Gasteiger partial charge < -0.3 is 10.1 Å². The Labute approximate surface area is 107 Å². The monoisotopic (exact) mass is 255 g/mol. The molecule has 0 saturated heterocycles. The Morgan fingerprint density at radius 3 is 2.65 bits per heavy atom. The third kappa shape index (κ3) is 5.59. The minimum absolute atomic E-state index is 0.0371. The maximum absolute atomic E-state index is 11.1. The molecule has 1 N–H and O–H groups in total. The van der Waals surface area contributed by atoms with Gasteiger partial charge in [-0.2, -0.15) is 0 Å². The molecule has 4 heteroatoms. The van der Waals surface area contributed by atoms with E-state index in [1.54, 1.807) is 0 Å². The van der Waals surface area contributed by atoms with Crippen LogP contribution in [0.15, 0.2) is 24.3 Å². The lowest BCUT2D eigenvalue weighted by Gasteiger charge is -2.07. The minimum atomic E-state index is -0.0371. The Morgan fingerprint density at radius 2 is 2.06 bits per heavy atom. The van der Waals surface area contributed by atoms with E-state index in [4.69, 9.17) is 16.3 Å². The number of nitrogens with one attached hydrogen (secondary N) is 1. The molecule has 94 valence electrons. The summed E-state index contributed by atoms with van der Waals surface area (Å²) in [7, 11) is 0. The molecule has 0 fully saturated rings. The predicted octanol–water partition coefficient (Wildman–Crippen LogP) is 2.37. The zero-order valence-corrected chi connectivity index (χ0v) is 10.8. The van der Waals surface area contributed by atoms with Gasteiger partial charge in [0.1, 0.15) is 12.4 Å². The fourth-order valence-corrected chi connectivity index (χ4v) is 1.53. The van der Waals surface area contributed by atoms with E-state index < -0.39 is 0 Å². The molecule has 0 aliphatic rings. The summed E-state index contributed by atoms with van der Waals surface area (Å²) in [4.78, 5) is 11.1. The van der Waals surface area contributed by atoms with E-state index in [2.05, 4.69) is 12.2 Å². The summed E-state index contributed by atoms with van der Waals surface area (Å²) in [6.07, 6.45) is 1.38. The molecule has 0 bridgehead atoms. The van der Waals surface area contributed by atoms with Gasteiger partial charge in [-0.3, -0.25) is 4.79 Å². The minimum Gasteiger partial charge on any atom is -0.492 e. The van der Waals surface area contributed by atoms with Crippen molar-refractivity contribution in [1.82, 2.24) is 5.32 Å². The van der Waals surface area contributed by atoms with Gasteiger partial charge in [0.25, 0.3) is 0 Å². The number of carbonyl (C=O) groups excluding carboxylic acids is 1. The molecule has 0 radical (unpaired) electrons. The van der Waals surface area contributed by atoms with E-state index in [0.717, 1.165) is 12.2 Å². The molecule has 0 aliphatic heterocycles. The van der Waals surface area contributed by atoms with Crippen molar-refractivity contribution >= 4 is 17.5 Å². The Morgan fingerprint density at radius 1 is 1.35 bits per heavy atom. The number of carbonyl (C=O) groups is 1. The second-order valence-electron chi connectivity index (χ2n) is 3.63. The van der Waals surface area contributed by atoms with Crippen LogP contribution in [0.5, 0.6) is 5.75 Å². The van der Waals surface area contributed by atoms with Crippen LogP contribution in [0.3, 0.4) is 0 Å². The molecule has 1 rings (SSSR count). The van der Waals surface area contributed by atoms with Crippen LogP contribution in [0.2, 0.25) is 0 Å². The molecule has 0 heterocycles. The highest BCUT2D eigenvalue weighted by molar-refractivity contribution is 6.18. The van der Waals surface area contributed by atoms with Crippen LogP contribution >= 0.6 is 11.6 Å². The van der Waals surface area contributed by atoms with Crippen molar-refractivity contribution in [2.24, 2.45) is 0 Å². The molecule has 1 aromatic carbocycles. The largest absolute Gasteiger partial charge is 0.492 e. The highest BCUT2D eigenvalue weighted by Gasteiger charge is 1.99. The van der Waals surface area contributed by atoms with Gasteiger partial charge in [0, 0.05) is 12.3 Å². The van der Waals surface area contributed by atoms with Crippen LogP contribution in [0.1, 0.15) is 18.9 Å². The molecule has 0 atom stereocenters. The topological polar surface area (TPSA) is 38.3 Å². The Hall–Kier alpha value is -1.22. The van der Waals surface area contributed by atoms with Gasteiger partial charge in [0.05, 0.1) is 6.54 Å². The third-order valence-corrected chi connectivity index (χ3v) is 2.54. The highest BCUT2D eigenvalue weighted by Crippen LogP contribution is 2.11. The van der Waals surface area contributed by atoms with Crippen LogP contribution in [-0.2, 0) is 11.2 Å². The maximum atomic E-state index is 11.1. The highest BCUT2D eigenvalue weighted by atomic mass is 35.5. The van der Waals surface area contributed by atoms with Crippen molar-refractivity contribution in [2.75, 3.05) is 19.0 Å². The molecule has 1 amide bonds. The number of halogens is 1. The molecular formula is C13H18ClNO2. The van der Waals surface area contributed by atoms with E-state index in [1.807, 2.05) is 24.3 Å². The number of alkyl halides is 1. The van der Waals surface area contributed by atoms with Crippen molar-refractivity contribution in [1.29, 1.82) is 0 Å². The number of aryl methyl sites for hydroxylation is 1. The lowest BCUT2D eigenvalue weighted by atomic mass is 10.2. The average Bonchev–Trinajstić information content (AvgIpc) is 2.36. The molecule has 0 aromatic heterocycles.